The molecule has 0 unspecified atom stereocenters. The number of carbonyl (C=O) groups excluding carboxylic acids is 1. The predicted molar refractivity (Wildman–Crippen MR) is 70.3 cm³/mol. The van der Waals surface area contributed by atoms with E-state index in [4.69, 9.17) is 11.6 Å². The van der Waals surface area contributed by atoms with Crippen molar-refractivity contribution in [1.29, 1.82) is 0 Å². The topological polar surface area (TPSA) is 42.0 Å². The predicted octanol–water partition coefficient (Wildman–Crippen LogP) is 3.63. The van der Waals surface area contributed by atoms with E-state index in [9.17, 15) is 4.79 Å². The minimum absolute atomic E-state index is 0.0123. The first-order valence-electron chi connectivity index (χ1n) is 5.55. The molecule has 1 aromatic heterocycles. The summed E-state index contributed by atoms with van der Waals surface area (Å²) >= 11 is 6.01. The first-order valence-corrected chi connectivity index (χ1v) is 5.92. The van der Waals surface area contributed by atoms with Crippen molar-refractivity contribution in [3.8, 4) is 0 Å². The van der Waals surface area contributed by atoms with E-state index in [2.05, 4.69) is 10.3 Å². The Morgan fingerprint density at radius 1 is 1.47 bits per heavy atom. The van der Waals surface area contributed by atoms with E-state index in [1.165, 1.54) is 0 Å². The number of nitrogens with zero attached hydrogens (tertiary/aromatic N) is 1. The maximum atomic E-state index is 11.6. The summed E-state index contributed by atoms with van der Waals surface area (Å²) in [5.41, 5.74) is 1.44. The van der Waals surface area contributed by atoms with Crippen LogP contribution in [-0.4, -0.2) is 10.9 Å². The standard InChI is InChI=1S/C13H13ClN2O/c1-2-4-12(17)16-11-8-10(14)7-9-5-3-6-15-13(9)11/h3,5-8H,2,4H2,1H3,(H,16,17). The summed E-state index contributed by atoms with van der Waals surface area (Å²) in [4.78, 5) is 15.8. The number of pyridine rings is 1. The number of carbonyl (C=O) groups is 1. The number of fused-ring (bicyclic) bond motifs is 1. The Labute approximate surface area is 105 Å². The van der Waals surface area contributed by atoms with Crippen LogP contribution >= 0.6 is 11.6 Å². The first-order chi connectivity index (χ1) is 8.20. The zero-order chi connectivity index (χ0) is 12.3. The molecule has 88 valence electrons. The van der Waals surface area contributed by atoms with Gasteiger partial charge in [0.25, 0.3) is 0 Å². The maximum absolute atomic E-state index is 11.6. The van der Waals surface area contributed by atoms with Crippen LogP contribution in [0.25, 0.3) is 10.9 Å². The van der Waals surface area contributed by atoms with Crippen molar-refractivity contribution < 1.29 is 4.79 Å². The molecular weight excluding hydrogens is 236 g/mol. The van der Waals surface area contributed by atoms with Gasteiger partial charge < -0.3 is 5.32 Å². The molecule has 17 heavy (non-hydrogen) atoms. The summed E-state index contributed by atoms with van der Waals surface area (Å²) in [5, 5.41) is 4.36. The smallest absolute Gasteiger partial charge is 0.224 e. The summed E-state index contributed by atoms with van der Waals surface area (Å²) in [6.07, 6.45) is 3.02. The minimum atomic E-state index is -0.0123. The molecule has 0 bridgehead atoms. The number of hydrogen-bond donors (Lipinski definition) is 1. The Bertz CT molecular complexity index is 554. The van der Waals surface area contributed by atoms with Crippen molar-refractivity contribution in [2.45, 2.75) is 19.8 Å². The van der Waals surface area contributed by atoms with Crippen LogP contribution in [0, 0.1) is 0 Å². The second-order valence-corrected chi connectivity index (χ2v) is 4.26. The number of rotatable bonds is 3. The molecule has 0 aliphatic carbocycles. The number of halogens is 1. The SMILES string of the molecule is CCCC(=O)Nc1cc(Cl)cc2cccnc12. The quantitative estimate of drug-likeness (QED) is 0.901. The number of hydrogen-bond acceptors (Lipinski definition) is 2. The minimum Gasteiger partial charge on any atom is -0.324 e. The molecule has 0 fully saturated rings. The van der Waals surface area contributed by atoms with Gasteiger partial charge in [0.2, 0.25) is 5.91 Å². The number of benzene rings is 1. The van der Waals surface area contributed by atoms with Gasteiger partial charge in [-0.15, -0.1) is 0 Å². The molecule has 0 radical (unpaired) electrons. The Kier molecular flexibility index (Phi) is 3.59. The van der Waals surface area contributed by atoms with Gasteiger partial charge in [-0.05, 0) is 24.6 Å². The summed E-state index contributed by atoms with van der Waals surface area (Å²) in [6, 6.07) is 7.32. The molecule has 1 heterocycles. The third-order valence-corrected chi connectivity index (χ3v) is 2.64. The Morgan fingerprint density at radius 2 is 2.29 bits per heavy atom. The van der Waals surface area contributed by atoms with Crippen LogP contribution in [-0.2, 0) is 4.79 Å². The molecule has 1 N–H and O–H groups in total. The van der Waals surface area contributed by atoms with Crippen LogP contribution in [0.15, 0.2) is 30.5 Å². The molecule has 0 saturated carbocycles. The van der Waals surface area contributed by atoms with E-state index in [1.54, 1.807) is 12.3 Å². The maximum Gasteiger partial charge on any atom is 0.224 e. The van der Waals surface area contributed by atoms with Crippen LogP contribution in [0.2, 0.25) is 5.02 Å². The van der Waals surface area contributed by atoms with E-state index in [0.717, 1.165) is 17.3 Å². The van der Waals surface area contributed by atoms with Gasteiger partial charge in [0, 0.05) is 23.0 Å². The van der Waals surface area contributed by atoms with Crippen molar-refractivity contribution in [2.75, 3.05) is 5.32 Å². The van der Waals surface area contributed by atoms with E-state index in [0.29, 0.717) is 17.1 Å². The molecule has 1 amide bonds. The monoisotopic (exact) mass is 248 g/mol. The van der Waals surface area contributed by atoms with Gasteiger partial charge >= 0.3 is 0 Å². The second kappa shape index (κ2) is 5.15. The molecule has 0 atom stereocenters. The molecule has 0 spiro atoms. The van der Waals surface area contributed by atoms with Crippen LogP contribution in [0.3, 0.4) is 0 Å². The van der Waals surface area contributed by atoms with E-state index in [-0.39, 0.29) is 5.91 Å². The highest BCUT2D eigenvalue weighted by Crippen LogP contribution is 2.26. The molecule has 2 rings (SSSR count). The highest BCUT2D eigenvalue weighted by Gasteiger charge is 2.07. The zero-order valence-corrected chi connectivity index (χ0v) is 10.3. The Hall–Kier alpha value is -1.61. The van der Waals surface area contributed by atoms with Crippen LogP contribution in [0.4, 0.5) is 5.69 Å². The van der Waals surface area contributed by atoms with Crippen molar-refractivity contribution >= 4 is 34.1 Å². The average molecular weight is 249 g/mol. The van der Waals surface area contributed by atoms with Crippen molar-refractivity contribution in [3.05, 3.63) is 35.5 Å². The number of nitrogens with one attached hydrogen (secondary N) is 1. The van der Waals surface area contributed by atoms with E-state index >= 15 is 0 Å². The Balaban J connectivity index is 2.42. The molecule has 3 nitrogen and oxygen atoms in total. The van der Waals surface area contributed by atoms with Crippen LogP contribution in [0.1, 0.15) is 19.8 Å². The third kappa shape index (κ3) is 2.74. The summed E-state index contributed by atoms with van der Waals surface area (Å²) in [7, 11) is 0. The van der Waals surface area contributed by atoms with Crippen molar-refractivity contribution in [1.82, 2.24) is 4.98 Å². The lowest BCUT2D eigenvalue weighted by Crippen LogP contribution is -2.11. The van der Waals surface area contributed by atoms with E-state index in [1.807, 2.05) is 25.1 Å². The van der Waals surface area contributed by atoms with Gasteiger partial charge in [-0.2, -0.15) is 0 Å². The fourth-order valence-electron chi connectivity index (χ4n) is 1.69. The average Bonchev–Trinajstić information content (AvgIpc) is 2.29. The van der Waals surface area contributed by atoms with Gasteiger partial charge in [-0.3, -0.25) is 9.78 Å². The Morgan fingerprint density at radius 3 is 3.06 bits per heavy atom. The van der Waals surface area contributed by atoms with Gasteiger partial charge in [0.05, 0.1) is 11.2 Å². The summed E-state index contributed by atoms with van der Waals surface area (Å²) in [5.74, 6) is -0.0123. The number of amides is 1. The lowest BCUT2D eigenvalue weighted by Gasteiger charge is -2.08. The van der Waals surface area contributed by atoms with Crippen LogP contribution in [0.5, 0.6) is 0 Å². The molecular formula is C13H13ClN2O. The normalized spacial score (nSPS) is 10.5. The fourth-order valence-corrected chi connectivity index (χ4v) is 1.92. The largest absolute Gasteiger partial charge is 0.324 e. The van der Waals surface area contributed by atoms with Crippen LogP contribution < -0.4 is 5.32 Å². The van der Waals surface area contributed by atoms with E-state index < -0.39 is 0 Å². The lowest BCUT2D eigenvalue weighted by atomic mass is 10.2. The molecule has 0 aliphatic heterocycles. The molecule has 4 heteroatoms. The van der Waals surface area contributed by atoms with Gasteiger partial charge in [-0.25, -0.2) is 0 Å². The van der Waals surface area contributed by atoms with Gasteiger partial charge in [0.1, 0.15) is 0 Å². The molecule has 2 aromatic rings. The number of aromatic nitrogens is 1. The highest BCUT2D eigenvalue weighted by molar-refractivity contribution is 6.32. The molecule has 0 saturated heterocycles. The fraction of sp³-hybridized carbons (Fsp3) is 0.231. The second-order valence-electron chi connectivity index (χ2n) is 3.83. The van der Waals surface area contributed by atoms with Crippen molar-refractivity contribution in [3.63, 3.8) is 0 Å². The van der Waals surface area contributed by atoms with Gasteiger partial charge in [-0.1, -0.05) is 24.6 Å². The van der Waals surface area contributed by atoms with Crippen molar-refractivity contribution in [2.24, 2.45) is 0 Å². The number of anilines is 1. The van der Waals surface area contributed by atoms with Gasteiger partial charge in [0.15, 0.2) is 0 Å². The highest BCUT2D eigenvalue weighted by atomic mass is 35.5. The zero-order valence-electron chi connectivity index (χ0n) is 9.53. The summed E-state index contributed by atoms with van der Waals surface area (Å²) in [6.45, 7) is 1.97. The first kappa shape index (κ1) is 11.9. The lowest BCUT2D eigenvalue weighted by molar-refractivity contribution is -0.116. The molecule has 1 aromatic carbocycles. The third-order valence-electron chi connectivity index (χ3n) is 2.42. The summed E-state index contributed by atoms with van der Waals surface area (Å²) < 4.78 is 0. The molecule has 0 aliphatic rings.